The molecule has 0 aliphatic carbocycles. The zero-order chi connectivity index (χ0) is 13.0. The zero-order valence-electron chi connectivity index (χ0n) is 9.47. The van der Waals surface area contributed by atoms with Crippen molar-refractivity contribution in [2.24, 2.45) is 0 Å². The van der Waals surface area contributed by atoms with Gasteiger partial charge in [0.2, 0.25) is 0 Å². The standard InChI is InChI=1S/C11H13NO5/c1-6(10(13)14)17-11(15)7-3-4-8(12)9(5-7)16-2/h3-6H,12H2,1-2H3,(H,13,14). The van der Waals surface area contributed by atoms with Crippen LogP contribution >= 0.6 is 0 Å². The molecular formula is C11H13NO5. The number of esters is 1. The third kappa shape index (κ3) is 3.10. The van der Waals surface area contributed by atoms with Crippen molar-refractivity contribution >= 4 is 17.6 Å². The van der Waals surface area contributed by atoms with Crippen molar-refractivity contribution in [3.05, 3.63) is 23.8 Å². The van der Waals surface area contributed by atoms with Crippen LogP contribution in [0.4, 0.5) is 5.69 Å². The number of carbonyl (C=O) groups is 2. The lowest BCUT2D eigenvalue weighted by Gasteiger charge is -2.10. The third-order valence-corrected chi connectivity index (χ3v) is 2.10. The highest BCUT2D eigenvalue weighted by Crippen LogP contribution is 2.22. The number of carboxylic acids is 1. The summed E-state index contributed by atoms with van der Waals surface area (Å²) in [4.78, 5) is 22.1. The van der Waals surface area contributed by atoms with Crippen LogP contribution in [0, 0.1) is 0 Å². The fourth-order valence-electron chi connectivity index (χ4n) is 1.12. The van der Waals surface area contributed by atoms with Crippen molar-refractivity contribution in [2.45, 2.75) is 13.0 Å². The molecule has 6 heteroatoms. The predicted octanol–water partition coefficient (Wildman–Crippen LogP) is 0.907. The molecular weight excluding hydrogens is 226 g/mol. The average molecular weight is 239 g/mol. The first-order valence-electron chi connectivity index (χ1n) is 4.83. The minimum Gasteiger partial charge on any atom is -0.495 e. The van der Waals surface area contributed by atoms with E-state index < -0.39 is 18.0 Å². The van der Waals surface area contributed by atoms with Gasteiger partial charge in [-0.05, 0) is 25.1 Å². The number of rotatable bonds is 4. The molecule has 1 atom stereocenters. The van der Waals surface area contributed by atoms with E-state index in [2.05, 4.69) is 0 Å². The third-order valence-electron chi connectivity index (χ3n) is 2.10. The first-order valence-corrected chi connectivity index (χ1v) is 4.83. The Morgan fingerprint density at radius 3 is 2.59 bits per heavy atom. The van der Waals surface area contributed by atoms with E-state index in [0.717, 1.165) is 0 Å². The summed E-state index contributed by atoms with van der Waals surface area (Å²) in [5.74, 6) is -1.61. The summed E-state index contributed by atoms with van der Waals surface area (Å²) < 4.78 is 9.64. The Balaban J connectivity index is 2.86. The number of aliphatic carboxylic acids is 1. The number of hydrogen-bond acceptors (Lipinski definition) is 5. The zero-order valence-corrected chi connectivity index (χ0v) is 9.47. The van der Waals surface area contributed by atoms with E-state index in [9.17, 15) is 9.59 Å². The van der Waals surface area contributed by atoms with E-state index in [4.69, 9.17) is 20.3 Å². The minimum absolute atomic E-state index is 0.184. The van der Waals surface area contributed by atoms with Crippen molar-refractivity contribution < 1.29 is 24.2 Å². The smallest absolute Gasteiger partial charge is 0.344 e. The lowest BCUT2D eigenvalue weighted by Crippen LogP contribution is -2.23. The van der Waals surface area contributed by atoms with Gasteiger partial charge in [0, 0.05) is 0 Å². The molecule has 0 amide bonds. The molecule has 1 rings (SSSR count). The molecule has 1 aromatic rings. The Morgan fingerprint density at radius 1 is 1.41 bits per heavy atom. The van der Waals surface area contributed by atoms with E-state index in [-0.39, 0.29) is 5.56 Å². The number of hydrogen-bond donors (Lipinski definition) is 2. The maximum Gasteiger partial charge on any atom is 0.344 e. The molecule has 1 aromatic carbocycles. The second kappa shape index (κ2) is 5.20. The van der Waals surface area contributed by atoms with Gasteiger partial charge in [0.1, 0.15) is 5.75 Å². The molecule has 0 radical (unpaired) electrons. The molecule has 0 bridgehead atoms. The second-order valence-corrected chi connectivity index (χ2v) is 3.34. The molecule has 0 aliphatic heterocycles. The summed E-state index contributed by atoms with van der Waals surface area (Å²) in [6.07, 6.45) is -1.20. The van der Waals surface area contributed by atoms with Crippen molar-refractivity contribution in [2.75, 3.05) is 12.8 Å². The van der Waals surface area contributed by atoms with Gasteiger partial charge in [-0.1, -0.05) is 0 Å². The first kappa shape index (κ1) is 12.8. The molecule has 17 heavy (non-hydrogen) atoms. The van der Waals surface area contributed by atoms with Crippen LogP contribution in [0.1, 0.15) is 17.3 Å². The summed E-state index contributed by atoms with van der Waals surface area (Å²) >= 11 is 0. The molecule has 0 aliphatic rings. The summed E-state index contributed by atoms with van der Waals surface area (Å²) in [6, 6.07) is 4.32. The Labute approximate surface area is 97.9 Å². The van der Waals surface area contributed by atoms with Gasteiger partial charge in [-0.15, -0.1) is 0 Å². The molecule has 0 saturated carbocycles. The SMILES string of the molecule is COc1cc(C(=O)OC(C)C(=O)O)ccc1N. The van der Waals surface area contributed by atoms with Crippen molar-refractivity contribution in [1.29, 1.82) is 0 Å². The monoisotopic (exact) mass is 239 g/mol. The molecule has 0 aromatic heterocycles. The Kier molecular flexibility index (Phi) is 3.92. The van der Waals surface area contributed by atoms with Crippen molar-refractivity contribution in [1.82, 2.24) is 0 Å². The largest absolute Gasteiger partial charge is 0.495 e. The number of ether oxygens (including phenoxy) is 2. The quantitative estimate of drug-likeness (QED) is 0.598. The van der Waals surface area contributed by atoms with Crippen molar-refractivity contribution in [3.63, 3.8) is 0 Å². The van der Waals surface area contributed by atoms with Crippen LogP contribution in [0.15, 0.2) is 18.2 Å². The van der Waals surface area contributed by atoms with Gasteiger partial charge in [-0.25, -0.2) is 9.59 Å². The van der Waals surface area contributed by atoms with Gasteiger partial charge >= 0.3 is 11.9 Å². The summed E-state index contributed by atoms with van der Waals surface area (Å²) in [5.41, 5.74) is 6.15. The second-order valence-electron chi connectivity index (χ2n) is 3.34. The van der Waals surface area contributed by atoms with E-state index in [1.54, 1.807) is 0 Å². The van der Waals surface area contributed by atoms with Gasteiger partial charge < -0.3 is 20.3 Å². The van der Waals surface area contributed by atoms with Crippen LogP contribution in [-0.2, 0) is 9.53 Å². The molecule has 0 spiro atoms. The Bertz CT molecular complexity index is 443. The summed E-state index contributed by atoms with van der Waals surface area (Å²) in [6.45, 7) is 1.27. The van der Waals surface area contributed by atoms with Gasteiger partial charge in [0.15, 0.2) is 6.10 Å². The van der Waals surface area contributed by atoms with Crippen LogP contribution in [0.25, 0.3) is 0 Å². The molecule has 3 N–H and O–H groups in total. The van der Waals surface area contributed by atoms with Gasteiger partial charge in [-0.3, -0.25) is 0 Å². The van der Waals surface area contributed by atoms with Gasteiger partial charge in [0.05, 0.1) is 18.4 Å². The summed E-state index contributed by atoms with van der Waals surface area (Å²) in [7, 11) is 1.42. The fraction of sp³-hybridized carbons (Fsp3) is 0.273. The van der Waals surface area contributed by atoms with Crippen LogP contribution in [0.3, 0.4) is 0 Å². The number of anilines is 1. The molecule has 1 unspecified atom stereocenters. The number of nitrogens with two attached hydrogens (primary N) is 1. The van der Waals surface area contributed by atoms with Gasteiger partial charge in [-0.2, -0.15) is 0 Å². The highest BCUT2D eigenvalue weighted by Gasteiger charge is 2.18. The average Bonchev–Trinajstić information content (AvgIpc) is 2.29. The number of nitrogen functional groups attached to an aromatic ring is 1. The summed E-state index contributed by atoms with van der Waals surface area (Å²) in [5, 5.41) is 8.60. The molecule has 6 nitrogen and oxygen atoms in total. The minimum atomic E-state index is -1.21. The maximum atomic E-state index is 11.6. The van der Waals surface area contributed by atoms with Crippen LogP contribution in [0.2, 0.25) is 0 Å². The van der Waals surface area contributed by atoms with Crippen LogP contribution < -0.4 is 10.5 Å². The lowest BCUT2D eigenvalue weighted by molar-refractivity contribution is -0.146. The van der Waals surface area contributed by atoms with E-state index in [1.807, 2.05) is 0 Å². The molecule has 0 saturated heterocycles. The Morgan fingerprint density at radius 2 is 2.06 bits per heavy atom. The van der Waals surface area contributed by atoms with Gasteiger partial charge in [0.25, 0.3) is 0 Å². The topological polar surface area (TPSA) is 98.8 Å². The van der Waals surface area contributed by atoms with E-state index in [1.165, 1.54) is 32.2 Å². The lowest BCUT2D eigenvalue weighted by atomic mass is 10.2. The first-order chi connectivity index (χ1) is 7.95. The number of benzene rings is 1. The van der Waals surface area contributed by atoms with Crippen LogP contribution in [-0.4, -0.2) is 30.3 Å². The molecule has 0 fully saturated rings. The molecule has 92 valence electrons. The maximum absolute atomic E-state index is 11.6. The highest BCUT2D eigenvalue weighted by atomic mass is 16.6. The number of methoxy groups -OCH3 is 1. The van der Waals surface area contributed by atoms with E-state index >= 15 is 0 Å². The van der Waals surface area contributed by atoms with Crippen LogP contribution in [0.5, 0.6) is 5.75 Å². The highest BCUT2D eigenvalue weighted by molar-refractivity contribution is 5.92. The number of carboxylic acid groups (broad SMARTS) is 1. The van der Waals surface area contributed by atoms with E-state index in [0.29, 0.717) is 11.4 Å². The van der Waals surface area contributed by atoms with Crippen molar-refractivity contribution in [3.8, 4) is 5.75 Å². The molecule has 0 heterocycles. The Hall–Kier alpha value is -2.24. The predicted molar refractivity (Wildman–Crippen MR) is 59.9 cm³/mol. The normalized spacial score (nSPS) is 11.6. The number of carbonyl (C=O) groups excluding carboxylic acids is 1. The fourth-order valence-corrected chi connectivity index (χ4v) is 1.12.